The number of pyridine rings is 8. The first kappa shape index (κ1) is 76.4. The molecule has 0 unspecified atom stereocenters. The van der Waals surface area contributed by atoms with Crippen molar-refractivity contribution < 1.29 is 0 Å². The van der Waals surface area contributed by atoms with Gasteiger partial charge in [-0.05, 0) is 191 Å². The Morgan fingerprint density at radius 2 is 0.573 bits per heavy atom. The Balaban J connectivity index is 0.000000110. The molecular weight excluding hydrogens is 1560 g/mol. The fourth-order valence-corrected chi connectivity index (χ4v) is 13.9. The van der Waals surface area contributed by atoms with Crippen molar-refractivity contribution in [3.63, 3.8) is 0 Å². The van der Waals surface area contributed by atoms with Gasteiger partial charge in [-0.15, -0.1) is 0 Å². The molecule has 0 atom stereocenters. The normalized spacial score (nSPS) is 10.8. The van der Waals surface area contributed by atoms with E-state index in [-0.39, 0.29) is 0 Å². The molecular formula is C94H75BrCl2N20. The maximum atomic E-state index is 6.30. The van der Waals surface area contributed by atoms with Crippen LogP contribution in [-0.2, 0) is 26.2 Å². The molecule has 6 aromatic carbocycles. The number of aromatic nitrogens is 15. The third-order valence-electron chi connectivity index (χ3n) is 19.0. The molecule has 0 bridgehead atoms. The van der Waals surface area contributed by atoms with E-state index in [1.165, 1.54) is 34.1 Å². The standard InChI is InChI=1S/C19H15BrN4.C19H15ClN4.C19H16N4.C19H15N3.C18H14ClN5/c2*20-17-13-23-24-18(17)9-16(15-6-2-1-3-7-15)10-19(24)22-12-14-5-4-8-21-11-14;1-2-6-16(7-3-1)17-11-18-8-10-22-23(18)19(12-17)21-14-15-5-4-9-20-13-15;1-3-7-15(8-4-1)16-13-18-11-12-20-22(18)19(14-16)21-17-9-5-2-6-10-17;19-16-11-23-24-17(16)6-15(14-4-2-1-3-5-14)7-18(24)22-10-13-8-20-12-21-9-13/h2*1-11,13,22H,12H2;1-13,21H,14H2;1-14,21H;1-9,11-12,22H,10H2. The van der Waals surface area contributed by atoms with E-state index < -0.39 is 0 Å². The second kappa shape index (κ2) is 37.3. The van der Waals surface area contributed by atoms with Crippen LogP contribution in [-0.4, -0.2) is 73.0 Å². The molecule has 0 aliphatic heterocycles. The van der Waals surface area contributed by atoms with Crippen LogP contribution in [0.25, 0.3) is 83.2 Å². The molecule has 20 rings (SSSR count). The number of nitrogens with one attached hydrogen (secondary N) is 5. The van der Waals surface area contributed by atoms with Crippen molar-refractivity contribution in [3.8, 4) is 55.6 Å². The Kier molecular flexibility index (Phi) is 24.4. The molecule has 0 saturated heterocycles. The quantitative estimate of drug-likeness (QED) is 0.0510. The van der Waals surface area contributed by atoms with Crippen molar-refractivity contribution in [2.75, 3.05) is 26.6 Å². The van der Waals surface area contributed by atoms with Crippen LogP contribution in [0.4, 0.5) is 34.8 Å². The van der Waals surface area contributed by atoms with Crippen LogP contribution >= 0.6 is 39.1 Å². The zero-order valence-corrected chi connectivity index (χ0v) is 66.1. The van der Waals surface area contributed by atoms with Gasteiger partial charge in [0.05, 0.1) is 73.1 Å². The lowest BCUT2D eigenvalue weighted by molar-refractivity contribution is 0.938. The molecule has 0 saturated carbocycles. The van der Waals surface area contributed by atoms with Crippen molar-refractivity contribution in [1.29, 1.82) is 0 Å². The minimum Gasteiger partial charge on any atom is -0.366 e. The number of nitrogens with zero attached hydrogens (tertiary/aromatic N) is 15. The van der Waals surface area contributed by atoms with Gasteiger partial charge in [0.2, 0.25) is 0 Å². The maximum absolute atomic E-state index is 6.30. The molecule has 0 aliphatic rings. The summed E-state index contributed by atoms with van der Waals surface area (Å²) in [4.78, 5) is 20.5. The highest BCUT2D eigenvalue weighted by Crippen LogP contribution is 2.34. The fourth-order valence-electron chi connectivity index (χ4n) is 13.2. The average molecular weight is 1640 g/mol. The lowest BCUT2D eigenvalue weighted by Crippen LogP contribution is -2.06. The summed E-state index contributed by atoms with van der Waals surface area (Å²) >= 11 is 16.2. The van der Waals surface area contributed by atoms with E-state index in [2.05, 4.69) is 245 Å². The van der Waals surface area contributed by atoms with Gasteiger partial charge in [-0.2, -0.15) is 25.5 Å². The first-order valence-electron chi connectivity index (χ1n) is 37.7. The van der Waals surface area contributed by atoms with E-state index in [4.69, 9.17) is 23.2 Å². The Hall–Kier alpha value is -14.6. The second-order valence-electron chi connectivity index (χ2n) is 26.9. The van der Waals surface area contributed by atoms with Crippen molar-refractivity contribution >= 4 is 101 Å². The Labute approximate surface area is 693 Å². The van der Waals surface area contributed by atoms with Gasteiger partial charge in [0.1, 0.15) is 35.4 Å². The number of fused-ring (bicyclic) bond motifs is 5. The second-order valence-corrected chi connectivity index (χ2v) is 28.6. The first-order valence-corrected chi connectivity index (χ1v) is 39.2. The average Bonchev–Trinajstić information content (AvgIpc) is 1.18. The summed E-state index contributed by atoms with van der Waals surface area (Å²) in [7, 11) is 0. The minimum atomic E-state index is 0.603. The van der Waals surface area contributed by atoms with Gasteiger partial charge in [0.25, 0.3) is 0 Å². The van der Waals surface area contributed by atoms with Gasteiger partial charge in [-0.3, -0.25) is 15.0 Å². The fraction of sp³-hybridized carbons (Fsp3) is 0.0426. The predicted octanol–water partition coefficient (Wildman–Crippen LogP) is 22.2. The van der Waals surface area contributed by atoms with Crippen LogP contribution in [0.5, 0.6) is 0 Å². The number of hydrogen-bond acceptors (Lipinski definition) is 15. The van der Waals surface area contributed by atoms with Crippen molar-refractivity contribution in [1.82, 2.24) is 73.0 Å². The molecule has 0 aliphatic carbocycles. The summed E-state index contributed by atoms with van der Waals surface area (Å²) in [5.74, 6) is 4.62. The van der Waals surface area contributed by atoms with Gasteiger partial charge in [-0.1, -0.05) is 211 Å². The summed E-state index contributed by atoms with van der Waals surface area (Å²) in [6.45, 7) is 2.67. The SMILES string of the molecule is Brc1cnn2c(NCc3cccnc3)cc(-c3ccccc3)cc12.Clc1cnn2c(NCc3cccnc3)cc(-c3ccccc3)cc12.Clc1cnn2c(NCc3cncnc3)cc(-c3ccccc3)cc12.c1ccc(-c2cc(NCc3cccnc3)n3nccc3c2)cc1.c1ccc(Nc2cc(-c3ccccc3)cc3ccnn23)cc1. The Morgan fingerprint density at radius 3 is 0.957 bits per heavy atom. The van der Waals surface area contributed by atoms with E-state index in [9.17, 15) is 0 Å². The number of hydrogen-bond donors (Lipinski definition) is 5. The molecule has 0 fully saturated rings. The molecule has 572 valence electrons. The highest BCUT2D eigenvalue weighted by Gasteiger charge is 2.16. The van der Waals surface area contributed by atoms with Crippen molar-refractivity contribution in [3.05, 3.63) is 415 Å². The Bertz CT molecular complexity index is 6180. The summed E-state index contributed by atoms with van der Waals surface area (Å²) in [5.41, 5.74) is 21.8. The predicted molar refractivity (Wildman–Crippen MR) is 475 cm³/mol. The van der Waals surface area contributed by atoms with Crippen molar-refractivity contribution in [2.45, 2.75) is 26.2 Å². The van der Waals surface area contributed by atoms with Gasteiger partial charge in [0, 0.05) is 87.0 Å². The van der Waals surface area contributed by atoms with Crippen LogP contribution < -0.4 is 26.6 Å². The zero-order chi connectivity index (χ0) is 79.3. The highest BCUT2D eigenvalue weighted by atomic mass is 79.9. The maximum Gasteiger partial charge on any atom is 0.133 e. The van der Waals surface area contributed by atoms with Crippen LogP contribution in [0, 0.1) is 0 Å². The molecule has 117 heavy (non-hydrogen) atoms. The molecule has 5 N–H and O–H groups in total. The molecule has 0 amide bonds. The third kappa shape index (κ3) is 19.2. The molecule has 23 heteroatoms. The highest BCUT2D eigenvalue weighted by molar-refractivity contribution is 9.10. The summed E-state index contributed by atoms with van der Waals surface area (Å²) < 4.78 is 10.4. The molecule has 0 radical (unpaired) electrons. The van der Waals surface area contributed by atoms with Gasteiger partial charge < -0.3 is 26.6 Å². The van der Waals surface area contributed by atoms with Crippen LogP contribution in [0.2, 0.25) is 10.0 Å². The number of anilines is 6. The van der Waals surface area contributed by atoms with E-state index in [1.807, 2.05) is 195 Å². The summed E-state index contributed by atoms with van der Waals surface area (Å²) in [6.07, 6.45) is 24.8. The van der Waals surface area contributed by atoms with E-state index in [0.717, 1.165) is 117 Å². The van der Waals surface area contributed by atoms with Gasteiger partial charge >= 0.3 is 0 Å². The van der Waals surface area contributed by atoms with E-state index in [0.29, 0.717) is 36.2 Å². The van der Waals surface area contributed by atoms with E-state index >= 15 is 0 Å². The number of rotatable bonds is 19. The topological polar surface area (TPSA) is 211 Å². The van der Waals surface area contributed by atoms with Gasteiger partial charge in [0.15, 0.2) is 0 Å². The van der Waals surface area contributed by atoms with E-state index in [1.54, 1.807) is 47.9 Å². The Morgan fingerprint density at radius 1 is 0.256 bits per heavy atom. The molecule has 20 aromatic rings. The molecule has 0 spiro atoms. The largest absolute Gasteiger partial charge is 0.366 e. The minimum absolute atomic E-state index is 0.603. The third-order valence-corrected chi connectivity index (χ3v) is 20.2. The summed E-state index contributed by atoms with van der Waals surface area (Å²) in [6, 6.07) is 98.7. The van der Waals surface area contributed by atoms with Crippen molar-refractivity contribution in [2.24, 2.45) is 0 Å². The van der Waals surface area contributed by atoms with Crippen LogP contribution in [0.3, 0.4) is 0 Å². The zero-order valence-electron chi connectivity index (χ0n) is 63.0. The van der Waals surface area contributed by atoms with Gasteiger partial charge in [-0.25, -0.2) is 32.5 Å². The monoisotopic (exact) mass is 1630 g/mol. The van der Waals surface area contributed by atoms with Crippen LogP contribution in [0.15, 0.2) is 383 Å². The number of para-hydroxylation sites is 1. The lowest BCUT2D eigenvalue weighted by atomic mass is 10.1. The molecule has 14 heterocycles. The smallest absolute Gasteiger partial charge is 0.133 e. The number of halogens is 3. The molecule has 20 nitrogen and oxygen atoms in total. The summed E-state index contributed by atoms with van der Waals surface area (Å²) in [5, 5.41) is 40.4. The van der Waals surface area contributed by atoms with Crippen LogP contribution in [0.1, 0.15) is 22.3 Å². The molecule has 14 aromatic heterocycles. The number of benzene rings is 6. The first-order chi connectivity index (χ1) is 57.7. The lowest BCUT2D eigenvalue weighted by Gasteiger charge is -2.11.